The summed E-state index contributed by atoms with van der Waals surface area (Å²) >= 11 is 0. The molecule has 14 heteroatoms. The third-order valence-corrected chi connectivity index (χ3v) is 7.95. The first kappa shape index (κ1) is 31.2. The first-order chi connectivity index (χ1) is 21.1. The Morgan fingerprint density at radius 1 is 1.02 bits per heavy atom. The lowest BCUT2D eigenvalue weighted by Gasteiger charge is -2.27. The lowest BCUT2D eigenvalue weighted by molar-refractivity contribution is 0.0363. The summed E-state index contributed by atoms with van der Waals surface area (Å²) in [7, 11) is -3.16. The monoisotopic (exact) mass is 627 g/mol. The van der Waals surface area contributed by atoms with Gasteiger partial charge in [0, 0.05) is 37.9 Å². The van der Waals surface area contributed by atoms with Gasteiger partial charge in [0.25, 0.3) is 5.56 Å². The van der Waals surface area contributed by atoms with Crippen molar-refractivity contribution in [1.29, 1.82) is 0 Å². The summed E-state index contributed by atoms with van der Waals surface area (Å²) in [5.41, 5.74) is 0.991. The van der Waals surface area contributed by atoms with Crippen LogP contribution in [0.4, 0.5) is 4.39 Å². The smallest absolute Gasteiger partial charge is 0.399 e. The Bertz CT molecular complexity index is 1820. The van der Waals surface area contributed by atoms with Crippen molar-refractivity contribution < 1.29 is 40.5 Å². The van der Waals surface area contributed by atoms with Crippen molar-refractivity contribution in [2.24, 2.45) is 0 Å². The van der Waals surface area contributed by atoms with E-state index in [2.05, 4.69) is 14.1 Å². The van der Waals surface area contributed by atoms with Crippen LogP contribution >= 0.6 is 0 Å². The van der Waals surface area contributed by atoms with Crippen LogP contribution in [0.15, 0.2) is 65.6 Å². The van der Waals surface area contributed by atoms with E-state index < -0.39 is 39.1 Å². The number of rotatable bonds is 11. The number of esters is 1. The Morgan fingerprint density at radius 2 is 1.73 bits per heavy atom. The molecule has 2 aromatic carbocycles. The molecule has 12 nitrogen and oxygen atoms in total. The summed E-state index contributed by atoms with van der Waals surface area (Å²) in [5, 5.41) is 11.4. The van der Waals surface area contributed by atoms with Crippen molar-refractivity contribution in [2.75, 3.05) is 40.0 Å². The van der Waals surface area contributed by atoms with Gasteiger partial charge in [-0.2, -0.15) is 8.42 Å². The van der Waals surface area contributed by atoms with Gasteiger partial charge in [-0.1, -0.05) is 36.4 Å². The zero-order valence-corrected chi connectivity index (χ0v) is 24.6. The van der Waals surface area contributed by atoms with Crippen LogP contribution in [0.1, 0.15) is 21.5 Å². The molecule has 0 unspecified atom stereocenters. The van der Waals surface area contributed by atoms with Gasteiger partial charge in [-0.25, -0.2) is 18.4 Å². The maximum atomic E-state index is 13.7. The minimum Gasteiger partial charge on any atom is -0.506 e. The quantitative estimate of drug-likeness (QED) is 0.245. The van der Waals surface area contributed by atoms with E-state index in [1.165, 1.54) is 22.9 Å². The van der Waals surface area contributed by atoms with Gasteiger partial charge in [-0.3, -0.25) is 18.4 Å². The first-order valence-electron chi connectivity index (χ1n) is 13.7. The average molecular weight is 628 g/mol. The fraction of sp³-hybridized carbons (Fsp3) is 0.300. The molecule has 0 amide bonds. The second-order valence-corrected chi connectivity index (χ2v) is 11.4. The molecule has 0 atom stereocenters. The average Bonchev–Trinajstić information content (AvgIpc) is 3.04. The maximum Gasteiger partial charge on any atom is 0.399 e. The second kappa shape index (κ2) is 13.6. The van der Waals surface area contributed by atoms with Crippen LogP contribution in [0.2, 0.25) is 0 Å². The second-order valence-electron chi connectivity index (χ2n) is 9.97. The van der Waals surface area contributed by atoms with E-state index in [1.807, 2.05) is 0 Å². The maximum absolute atomic E-state index is 13.7. The minimum absolute atomic E-state index is 0.152. The third-order valence-electron chi connectivity index (χ3n) is 7.13. The highest BCUT2D eigenvalue weighted by molar-refractivity contribution is 7.81. The molecule has 3 heterocycles. The van der Waals surface area contributed by atoms with Gasteiger partial charge in [0.15, 0.2) is 5.56 Å². The number of ether oxygens (including phenoxy) is 2. The van der Waals surface area contributed by atoms with E-state index in [1.54, 1.807) is 42.5 Å². The molecule has 5 rings (SSSR count). The molecule has 1 fully saturated rings. The summed E-state index contributed by atoms with van der Waals surface area (Å²) in [6.45, 7) is 2.59. The molecule has 232 valence electrons. The molecular weight excluding hydrogens is 597 g/mol. The van der Waals surface area contributed by atoms with Gasteiger partial charge in [0.05, 0.1) is 32.3 Å². The predicted octanol–water partition coefficient (Wildman–Crippen LogP) is 3.01. The van der Waals surface area contributed by atoms with Crippen molar-refractivity contribution in [3.8, 4) is 16.9 Å². The lowest BCUT2D eigenvalue weighted by Crippen LogP contribution is -2.40. The molecule has 1 aliphatic rings. The van der Waals surface area contributed by atoms with Crippen LogP contribution in [-0.2, 0) is 48.0 Å². The number of aromatic hydroxyl groups is 1. The molecule has 1 N–H and O–H groups in total. The van der Waals surface area contributed by atoms with Gasteiger partial charge < -0.3 is 14.6 Å². The van der Waals surface area contributed by atoms with E-state index in [9.17, 15) is 27.5 Å². The zero-order chi connectivity index (χ0) is 31.3. The highest BCUT2D eigenvalue weighted by atomic mass is 32.3. The van der Waals surface area contributed by atoms with Crippen LogP contribution in [0, 0.1) is 5.82 Å². The van der Waals surface area contributed by atoms with Crippen LogP contribution in [0.25, 0.3) is 22.2 Å². The predicted molar refractivity (Wildman–Crippen MR) is 157 cm³/mol. The van der Waals surface area contributed by atoms with Crippen molar-refractivity contribution in [2.45, 2.75) is 19.8 Å². The Hall–Kier alpha value is -4.21. The number of carbonyl (C=O) groups excluding carboxylic acids is 1. The Morgan fingerprint density at radius 3 is 2.43 bits per heavy atom. The SMILES string of the molecule is COS(=O)(=O)OCc1cccc(COC(=O)c2c(O)c3cc(-c4ccc(F)cc4)cnc3n(CCN3CCOCC3)c2=O)c1. The van der Waals surface area contributed by atoms with E-state index in [-0.39, 0.29) is 30.8 Å². The van der Waals surface area contributed by atoms with Gasteiger partial charge >= 0.3 is 16.4 Å². The number of fused-ring (bicyclic) bond motifs is 1. The molecule has 0 spiro atoms. The van der Waals surface area contributed by atoms with Crippen LogP contribution in [0.3, 0.4) is 0 Å². The highest BCUT2D eigenvalue weighted by Gasteiger charge is 2.25. The summed E-state index contributed by atoms with van der Waals surface area (Å²) < 4.78 is 57.6. The van der Waals surface area contributed by atoms with Crippen LogP contribution in [0.5, 0.6) is 5.75 Å². The number of hydrogen-bond acceptors (Lipinski definition) is 11. The minimum atomic E-state index is -4.14. The van der Waals surface area contributed by atoms with Crippen LogP contribution < -0.4 is 5.56 Å². The summed E-state index contributed by atoms with van der Waals surface area (Å²) in [5.74, 6) is -2.04. The van der Waals surface area contributed by atoms with Gasteiger partial charge in [0.2, 0.25) is 0 Å². The zero-order valence-electron chi connectivity index (χ0n) is 23.8. The third kappa shape index (κ3) is 7.29. The molecule has 0 bridgehead atoms. The molecule has 1 aliphatic heterocycles. The number of benzene rings is 2. The van der Waals surface area contributed by atoms with E-state index in [4.69, 9.17) is 13.7 Å². The van der Waals surface area contributed by atoms with Gasteiger partial charge in [-0.15, -0.1) is 0 Å². The summed E-state index contributed by atoms with van der Waals surface area (Å²) in [6.07, 6.45) is 1.52. The normalized spacial score (nSPS) is 14.1. The fourth-order valence-corrected chi connectivity index (χ4v) is 5.17. The first-order valence-corrected chi connectivity index (χ1v) is 15.0. The topological polar surface area (TPSA) is 146 Å². The van der Waals surface area contributed by atoms with Gasteiger partial charge in [-0.05, 0) is 34.9 Å². The van der Waals surface area contributed by atoms with Crippen molar-refractivity contribution in [3.63, 3.8) is 0 Å². The van der Waals surface area contributed by atoms with E-state index in [0.29, 0.717) is 55.1 Å². The number of morpholine rings is 1. The number of pyridine rings is 2. The molecule has 1 saturated heterocycles. The van der Waals surface area contributed by atoms with Crippen molar-refractivity contribution in [3.05, 3.63) is 93.7 Å². The molecule has 0 saturated carbocycles. The number of hydrogen-bond donors (Lipinski definition) is 1. The molecular formula is C30H30FN3O9S. The summed E-state index contributed by atoms with van der Waals surface area (Å²) in [6, 6.07) is 13.7. The fourth-order valence-electron chi connectivity index (χ4n) is 4.79. The van der Waals surface area contributed by atoms with E-state index >= 15 is 0 Å². The van der Waals surface area contributed by atoms with Gasteiger partial charge in [0.1, 0.15) is 23.8 Å². The highest BCUT2D eigenvalue weighted by Crippen LogP contribution is 2.30. The lowest BCUT2D eigenvalue weighted by atomic mass is 10.0. The van der Waals surface area contributed by atoms with Crippen LogP contribution in [-0.4, -0.2) is 73.9 Å². The number of carbonyl (C=O) groups is 1. The Kier molecular flexibility index (Phi) is 9.66. The largest absolute Gasteiger partial charge is 0.506 e. The van der Waals surface area contributed by atoms with Crippen molar-refractivity contribution in [1.82, 2.24) is 14.5 Å². The molecule has 4 aromatic rings. The standard InChI is InChI=1S/C30H30FN3O9S/c1-40-44(38,39)43-19-21-4-2-3-20(15-21)18-42-30(37)26-27(35)25-16-23(22-5-7-24(31)8-6-22)17-32-28(25)34(29(26)36)10-9-33-11-13-41-14-12-33/h2-8,15-17,35H,9-14,18-19H2,1H3. The van der Waals surface area contributed by atoms with Crippen molar-refractivity contribution >= 4 is 27.4 Å². The molecule has 2 aromatic heterocycles. The number of halogens is 1. The van der Waals surface area contributed by atoms with E-state index in [0.717, 1.165) is 7.11 Å². The molecule has 0 aliphatic carbocycles. The number of nitrogens with zero attached hydrogens (tertiary/aromatic N) is 3. The Balaban J connectivity index is 1.46. The Labute approximate surface area is 252 Å². The number of aromatic nitrogens is 2. The molecule has 0 radical (unpaired) electrons. The molecule has 44 heavy (non-hydrogen) atoms. The summed E-state index contributed by atoms with van der Waals surface area (Å²) in [4.78, 5) is 33.6.